The summed E-state index contributed by atoms with van der Waals surface area (Å²) in [5.74, 6) is 0.468. The van der Waals surface area contributed by atoms with Crippen LogP contribution in [-0.2, 0) is 16.6 Å². The van der Waals surface area contributed by atoms with Gasteiger partial charge in [0, 0.05) is 34.2 Å². The third-order valence-electron chi connectivity index (χ3n) is 6.53. The molecule has 3 heterocycles. The molecule has 1 aliphatic heterocycles. The summed E-state index contributed by atoms with van der Waals surface area (Å²) >= 11 is 4.91. The first-order valence-corrected chi connectivity index (χ1v) is 13.5. The number of carbonyl (C=O) groups excluding carboxylic acids is 1. The highest BCUT2D eigenvalue weighted by atomic mass is 79.9. The minimum Gasteiger partial charge on any atom is -0.493 e. The lowest BCUT2D eigenvalue weighted by Crippen LogP contribution is -2.40. The van der Waals surface area contributed by atoms with Crippen LogP contribution >= 0.6 is 27.3 Å². The van der Waals surface area contributed by atoms with Gasteiger partial charge in [-0.25, -0.2) is 9.79 Å². The lowest BCUT2D eigenvalue weighted by Gasteiger charge is -2.26. The van der Waals surface area contributed by atoms with E-state index in [-0.39, 0.29) is 12.2 Å². The summed E-state index contributed by atoms with van der Waals surface area (Å²) in [7, 11) is 5.07. The van der Waals surface area contributed by atoms with E-state index in [0.717, 1.165) is 16.5 Å². The number of aromatic nitrogens is 2. The Kier molecular flexibility index (Phi) is 7.02. The molecule has 2 aromatic heterocycles. The molecule has 0 aliphatic carbocycles. The van der Waals surface area contributed by atoms with Crippen molar-refractivity contribution in [3.63, 3.8) is 0 Å². The van der Waals surface area contributed by atoms with E-state index in [0.29, 0.717) is 42.1 Å². The number of thiazole rings is 1. The predicted octanol–water partition coefficient (Wildman–Crippen LogP) is 4.07. The summed E-state index contributed by atoms with van der Waals surface area (Å²) in [4.78, 5) is 32.4. The van der Waals surface area contributed by atoms with Crippen molar-refractivity contribution in [1.82, 2.24) is 9.13 Å². The molecule has 0 N–H and O–H groups in total. The number of aryl methyl sites for hydroxylation is 1. The standard InChI is InChI=1S/C28H26BrN3O5S/c1-6-37-27(34)24-15(2)30-28-32(25(24)18-12-21(35-4)22(36-5)13-19(18)29)26(33)23(38-28)11-16-14-31(3)20-10-8-7-9-17(16)20/h7-14,25H,6H2,1-5H3. The first-order valence-electron chi connectivity index (χ1n) is 11.9. The summed E-state index contributed by atoms with van der Waals surface area (Å²) in [6, 6.07) is 10.8. The van der Waals surface area contributed by atoms with Gasteiger partial charge >= 0.3 is 5.97 Å². The number of fused-ring (bicyclic) bond motifs is 2. The number of halogens is 1. The third-order valence-corrected chi connectivity index (χ3v) is 8.20. The van der Waals surface area contributed by atoms with Gasteiger partial charge < -0.3 is 18.8 Å². The van der Waals surface area contributed by atoms with E-state index in [4.69, 9.17) is 14.2 Å². The van der Waals surface area contributed by atoms with Crippen LogP contribution in [0.1, 0.15) is 31.0 Å². The zero-order chi connectivity index (χ0) is 27.1. The Bertz CT molecular complexity index is 1800. The molecule has 10 heteroatoms. The van der Waals surface area contributed by atoms with E-state index in [9.17, 15) is 9.59 Å². The van der Waals surface area contributed by atoms with Crippen LogP contribution in [0.2, 0.25) is 0 Å². The van der Waals surface area contributed by atoms with Crippen LogP contribution in [0.25, 0.3) is 17.0 Å². The molecule has 38 heavy (non-hydrogen) atoms. The first-order chi connectivity index (χ1) is 18.3. The number of ether oxygens (including phenoxy) is 3. The van der Waals surface area contributed by atoms with Gasteiger partial charge in [0.1, 0.15) is 0 Å². The van der Waals surface area contributed by atoms with Crippen LogP contribution in [0, 0.1) is 0 Å². The second kappa shape index (κ2) is 10.3. The number of allylic oxidation sites excluding steroid dienone is 1. The average Bonchev–Trinajstić information content (AvgIpc) is 3.38. The van der Waals surface area contributed by atoms with Gasteiger partial charge in [0.25, 0.3) is 5.56 Å². The van der Waals surface area contributed by atoms with E-state index in [1.54, 1.807) is 44.8 Å². The van der Waals surface area contributed by atoms with Crippen LogP contribution in [0.15, 0.2) is 68.1 Å². The van der Waals surface area contributed by atoms with Gasteiger partial charge in [-0.3, -0.25) is 9.36 Å². The highest BCUT2D eigenvalue weighted by Gasteiger charge is 2.35. The summed E-state index contributed by atoms with van der Waals surface area (Å²) < 4.78 is 21.2. The first kappa shape index (κ1) is 26.0. The zero-order valence-corrected chi connectivity index (χ0v) is 24.0. The van der Waals surface area contributed by atoms with Crippen molar-refractivity contribution in [3.05, 3.63) is 89.2 Å². The minimum absolute atomic E-state index is 0.195. The van der Waals surface area contributed by atoms with Gasteiger partial charge in [0.15, 0.2) is 16.3 Å². The van der Waals surface area contributed by atoms with Gasteiger partial charge in [-0.05, 0) is 43.7 Å². The van der Waals surface area contributed by atoms with Gasteiger partial charge in [0.05, 0.1) is 42.7 Å². The molecule has 0 saturated carbocycles. The Hall–Kier alpha value is -3.63. The minimum atomic E-state index is -0.783. The number of para-hydroxylation sites is 1. The molecule has 0 spiro atoms. The number of esters is 1. The second-order valence-electron chi connectivity index (χ2n) is 8.74. The van der Waals surface area contributed by atoms with Crippen LogP contribution < -0.4 is 24.4 Å². The van der Waals surface area contributed by atoms with Crippen molar-refractivity contribution >= 4 is 50.2 Å². The molecular weight excluding hydrogens is 570 g/mol. The Labute approximate surface area is 231 Å². The summed E-state index contributed by atoms with van der Waals surface area (Å²) in [5.41, 5.74) is 3.19. The Balaban J connectivity index is 1.79. The molecule has 2 aromatic carbocycles. The number of nitrogens with zero attached hydrogens (tertiary/aromatic N) is 3. The molecule has 196 valence electrons. The zero-order valence-electron chi connectivity index (χ0n) is 21.6. The van der Waals surface area contributed by atoms with Crippen molar-refractivity contribution in [3.8, 4) is 11.5 Å². The third kappa shape index (κ3) is 4.27. The van der Waals surface area contributed by atoms with Gasteiger partial charge in [-0.1, -0.05) is 45.5 Å². The Morgan fingerprint density at radius 3 is 2.61 bits per heavy atom. The topological polar surface area (TPSA) is 84.1 Å². The molecule has 0 bridgehead atoms. The van der Waals surface area contributed by atoms with E-state index < -0.39 is 12.0 Å². The molecule has 0 fully saturated rings. The lowest BCUT2D eigenvalue weighted by molar-refractivity contribution is -0.139. The summed E-state index contributed by atoms with van der Waals surface area (Å²) in [6.45, 7) is 3.70. The number of carbonyl (C=O) groups is 1. The highest BCUT2D eigenvalue weighted by Crippen LogP contribution is 2.40. The van der Waals surface area contributed by atoms with Crippen LogP contribution in [0.4, 0.5) is 0 Å². The monoisotopic (exact) mass is 595 g/mol. The van der Waals surface area contributed by atoms with E-state index >= 15 is 0 Å². The number of hydrogen-bond acceptors (Lipinski definition) is 7. The van der Waals surface area contributed by atoms with Crippen molar-refractivity contribution in [1.29, 1.82) is 0 Å². The Morgan fingerprint density at radius 2 is 1.89 bits per heavy atom. The predicted molar refractivity (Wildman–Crippen MR) is 151 cm³/mol. The number of rotatable bonds is 6. The average molecular weight is 597 g/mol. The molecule has 4 aromatic rings. The van der Waals surface area contributed by atoms with E-state index in [1.165, 1.54) is 11.3 Å². The number of benzene rings is 2. The van der Waals surface area contributed by atoms with Gasteiger partial charge in [0.2, 0.25) is 0 Å². The molecule has 0 radical (unpaired) electrons. The molecule has 8 nitrogen and oxygen atoms in total. The van der Waals surface area contributed by atoms with E-state index in [2.05, 4.69) is 20.9 Å². The van der Waals surface area contributed by atoms with Crippen molar-refractivity contribution < 1.29 is 19.0 Å². The molecule has 5 rings (SSSR count). The maximum atomic E-state index is 14.0. The molecular formula is C28H26BrN3O5S. The molecule has 1 unspecified atom stereocenters. The van der Waals surface area contributed by atoms with Crippen molar-refractivity contribution in [2.45, 2.75) is 19.9 Å². The van der Waals surface area contributed by atoms with E-state index in [1.807, 2.05) is 48.2 Å². The smallest absolute Gasteiger partial charge is 0.338 e. The maximum Gasteiger partial charge on any atom is 0.338 e. The fourth-order valence-corrected chi connectivity index (χ4v) is 6.37. The second-order valence-corrected chi connectivity index (χ2v) is 10.6. The van der Waals surface area contributed by atoms with Gasteiger partial charge in [-0.15, -0.1) is 0 Å². The normalized spacial score (nSPS) is 15.4. The maximum absolute atomic E-state index is 14.0. The van der Waals surface area contributed by atoms with Crippen LogP contribution in [0.3, 0.4) is 0 Å². The summed E-state index contributed by atoms with van der Waals surface area (Å²) in [5, 5.41) is 1.04. The van der Waals surface area contributed by atoms with Crippen LogP contribution in [0.5, 0.6) is 11.5 Å². The Morgan fingerprint density at radius 1 is 1.18 bits per heavy atom. The fourth-order valence-electron chi connectivity index (χ4n) is 4.79. The van der Waals surface area contributed by atoms with Gasteiger partial charge in [-0.2, -0.15) is 0 Å². The molecule has 1 aliphatic rings. The largest absolute Gasteiger partial charge is 0.493 e. The number of methoxy groups -OCH3 is 2. The SMILES string of the molecule is CCOC(=O)C1=C(C)N=c2sc(=Cc3cn(C)c4ccccc34)c(=O)n2C1c1cc(OC)c(OC)cc1Br. The number of hydrogen-bond donors (Lipinski definition) is 0. The summed E-state index contributed by atoms with van der Waals surface area (Å²) in [6.07, 6.45) is 3.89. The molecule has 1 atom stereocenters. The lowest BCUT2D eigenvalue weighted by atomic mass is 9.95. The van der Waals surface area contributed by atoms with Crippen molar-refractivity contribution in [2.24, 2.45) is 12.0 Å². The molecule has 0 saturated heterocycles. The quantitative estimate of drug-likeness (QED) is 0.314. The van der Waals surface area contributed by atoms with Crippen molar-refractivity contribution in [2.75, 3.05) is 20.8 Å². The van der Waals surface area contributed by atoms with Crippen LogP contribution in [-0.4, -0.2) is 35.9 Å². The fraction of sp³-hybridized carbons (Fsp3) is 0.250. The molecule has 0 amide bonds. The highest BCUT2D eigenvalue weighted by molar-refractivity contribution is 9.10.